The predicted octanol–water partition coefficient (Wildman–Crippen LogP) is 2.75. The van der Waals surface area contributed by atoms with Crippen LogP contribution in [0, 0.1) is 5.82 Å². The smallest absolute Gasteiger partial charge is 0.246 e. The second-order valence-corrected chi connectivity index (χ2v) is 9.20. The second-order valence-electron chi connectivity index (χ2n) is 6.39. The standard InChI is InChI=1S/C18H19FN4O4S2/c1-12(23(29(3,25)26)14-8-6-13(19)7-9-14)18(24)22(2)11-16-20-17(21-27-16)15-5-4-10-28-15/h4-10,12H,11H2,1-3H3. The molecule has 8 nitrogen and oxygen atoms in total. The Morgan fingerprint density at radius 3 is 2.55 bits per heavy atom. The van der Waals surface area contributed by atoms with Gasteiger partial charge in [-0.2, -0.15) is 4.98 Å². The van der Waals surface area contributed by atoms with Crippen molar-refractivity contribution in [2.24, 2.45) is 0 Å². The molecule has 11 heteroatoms. The fourth-order valence-corrected chi connectivity index (χ4v) is 4.63. The molecule has 0 aliphatic heterocycles. The molecule has 3 aromatic rings. The molecule has 3 rings (SSSR count). The third kappa shape index (κ3) is 4.80. The molecule has 154 valence electrons. The summed E-state index contributed by atoms with van der Waals surface area (Å²) in [7, 11) is -2.28. The average Bonchev–Trinajstić information content (AvgIpc) is 3.33. The summed E-state index contributed by atoms with van der Waals surface area (Å²) in [6.45, 7) is 1.48. The van der Waals surface area contributed by atoms with Gasteiger partial charge >= 0.3 is 0 Å². The number of hydrogen-bond acceptors (Lipinski definition) is 7. The Hall–Kier alpha value is -2.79. The number of sulfonamides is 1. The summed E-state index contributed by atoms with van der Waals surface area (Å²) in [5, 5.41) is 5.78. The minimum absolute atomic E-state index is 0.0164. The van der Waals surface area contributed by atoms with Gasteiger partial charge in [-0.05, 0) is 42.6 Å². The summed E-state index contributed by atoms with van der Waals surface area (Å²) in [6.07, 6.45) is 0.992. The molecule has 0 bridgehead atoms. The first kappa shape index (κ1) is 20.9. The maximum atomic E-state index is 13.2. The highest BCUT2D eigenvalue weighted by atomic mass is 32.2. The summed E-state index contributed by atoms with van der Waals surface area (Å²) in [5.41, 5.74) is 0.195. The number of carbonyl (C=O) groups excluding carboxylic acids is 1. The topological polar surface area (TPSA) is 96.6 Å². The first-order valence-electron chi connectivity index (χ1n) is 8.53. The van der Waals surface area contributed by atoms with E-state index in [1.807, 2.05) is 17.5 Å². The van der Waals surface area contributed by atoms with E-state index in [1.165, 1.54) is 42.3 Å². The van der Waals surface area contributed by atoms with Crippen molar-refractivity contribution in [1.29, 1.82) is 0 Å². The molecule has 0 saturated heterocycles. The molecule has 0 aliphatic carbocycles. The number of halogens is 1. The number of benzene rings is 1. The van der Waals surface area contributed by atoms with E-state index in [4.69, 9.17) is 4.52 Å². The number of anilines is 1. The Morgan fingerprint density at radius 1 is 1.28 bits per heavy atom. The SMILES string of the molecule is CC(C(=O)N(C)Cc1nc(-c2cccs2)no1)N(c1ccc(F)cc1)S(C)(=O)=O. The molecule has 1 unspecified atom stereocenters. The van der Waals surface area contributed by atoms with Gasteiger partial charge in [0.25, 0.3) is 0 Å². The van der Waals surface area contributed by atoms with Crippen LogP contribution >= 0.6 is 11.3 Å². The van der Waals surface area contributed by atoms with Gasteiger partial charge < -0.3 is 9.42 Å². The summed E-state index contributed by atoms with van der Waals surface area (Å²) in [4.78, 5) is 19.3. The number of nitrogens with zero attached hydrogens (tertiary/aromatic N) is 4. The minimum atomic E-state index is -3.79. The lowest BCUT2D eigenvalue weighted by Gasteiger charge is -2.30. The average molecular weight is 439 g/mol. The monoisotopic (exact) mass is 438 g/mol. The van der Waals surface area contributed by atoms with Crippen molar-refractivity contribution in [1.82, 2.24) is 15.0 Å². The van der Waals surface area contributed by atoms with Crippen molar-refractivity contribution < 1.29 is 22.1 Å². The number of thiophene rings is 1. The Kier molecular flexibility index (Phi) is 5.99. The molecule has 0 fully saturated rings. The molecule has 1 atom stereocenters. The molecule has 29 heavy (non-hydrogen) atoms. The van der Waals surface area contributed by atoms with Crippen molar-refractivity contribution in [3.05, 3.63) is 53.5 Å². The number of hydrogen-bond donors (Lipinski definition) is 0. The van der Waals surface area contributed by atoms with Crippen LogP contribution in [0.1, 0.15) is 12.8 Å². The van der Waals surface area contributed by atoms with Crippen LogP contribution < -0.4 is 4.31 Å². The largest absolute Gasteiger partial charge is 0.337 e. The van der Waals surface area contributed by atoms with E-state index in [0.717, 1.165) is 27.6 Å². The molecule has 2 heterocycles. The molecule has 0 radical (unpaired) electrons. The molecule has 1 aromatic carbocycles. The van der Waals surface area contributed by atoms with Gasteiger partial charge in [-0.1, -0.05) is 11.2 Å². The summed E-state index contributed by atoms with van der Waals surface area (Å²) in [6, 6.07) is 7.56. The fourth-order valence-electron chi connectivity index (χ4n) is 2.82. The lowest BCUT2D eigenvalue weighted by atomic mass is 10.2. The Balaban J connectivity index is 1.77. The molecule has 0 spiro atoms. The van der Waals surface area contributed by atoms with Crippen LogP contribution in [0.2, 0.25) is 0 Å². The zero-order chi connectivity index (χ0) is 21.2. The number of amides is 1. The highest BCUT2D eigenvalue weighted by Crippen LogP contribution is 2.23. The van der Waals surface area contributed by atoms with Gasteiger partial charge in [0, 0.05) is 7.05 Å². The van der Waals surface area contributed by atoms with Gasteiger partial charge in [-0.25, -0.2) is 12.8 Å². The van der Waals surface area contributed by atoms with Gasteiger partial charge in [0.2, 0.25) is 27.6 Å². The lowest BCUT2D eigenvalue weighted by Crippen LogP contribution is -2.48. The Morgan fingerprint density at radius 2 is 1.97 bits per heavy atom. The van der Waals surface area contributed by atoms with E-state index in [2.05, 4.69) is 10.1 Å². The Bertz CT molecular complexity index is 1080. The quantitative estimate of drug-likeness (QED) is 0.563. The van der Waals surface area contributed by atoms with E-state index < -0.39 is 27.8 Å². The van der Waals surface area contributed by atoms with E-state index >= 15 is 0 Å². The number of rotatable bonds is 7. The zero-order valence-corrected chi connectivity index (χ0v) is 17.6. The molecule has 0 saturated carbocycles. The first-order valence-corrected chi connectivity index (χ1v) is 11.3. The summed E-state index contributed by atoms with van der Waals surface area (Å²) in [5.74, 6) is -0.330. The Labute approximate surface area is 171 Å². The summed E-state index contributed by atoms with van der Waals surface area (Å²) < 4.78 is 44.0. The van der Waals surface area contributed by atoms with Gasteiger partial charge in [0.15, 0.2) is 0 Å². The van der Waals surface area contributed by atoms with Crippen molar-refractivity contribution >= 4 is 33.0 Å². The van der Waals surface area contributed by atoms with Crippen LogP contribution in [0.15, 0.2) is 46.3 Å². The van der Waals surface area contributed by atoms with Gasteiger partial charge in [-0.3, -0.25) is 9.10 Å². The zero-order valence-electron chi connectivity index (χ0n) is 15.9. The van der Waals surface area contributed by atoms with Gasteiger partial charge in [0.1, 0.15) is 11.9 Å². The van der Waals surface area contributed by atoms with E-state index in [1.54, 1.807) is 0 Å². The molecular weight excluding hydrogens is 419 g/mol. The third-order valence-electron chi connectivity index (χ3n) is 4.11. The molecule has 0 N–H and O–H groups in total. The van der Waals surface area contributed by atoms with E-state index in [0.29, 0.717) is 5.82 Å². The van der Waals surface area contributed by atoms with Crippen molar-refractivity contribution in [3.63, 3.8) is 0 Å². The van der Waals surface area contributed by atoms with Crippen LogP contribution in [-0.4, -0.2) is 48.7 Å². The second kappa shape index (κ2) is 8.29. The van der Waals surface area contributed by atoms with Gasteiger partial charge in [0.05, 0.1) is 23.4 Å². The molecule has 1 amide bonds. The molecule has 2 aromatic heterocycles. The number of aromatic nitrogens is 2. The van der Waals surface area contributed by atoms with Crippen molar-refractivity contribution in [3.8, 4) is 10.7 Å². The lowest BCUT2D eigenvalue weighted by molar-refractivity contribution is -0.131. The number of likely N-dealkylation sites (N-methyl/N-ethyl adjacent to an activating group) is 1. The highest BCUT2D eigenvalue weighted by Gasteiger charge is 2.31. The van der Waals surface area contributed by atoms with Crippen molar-refractivity contribution in [2.75, 3.05) is 17.6 Å². The molecule has 0 aliphatic rings. The predicted molar refractivity (Wildman–Crippen MR) is 107 cm³/mol. The van der Waals surface area contributed by atoms with E-state index in [9.17, 15) is 17.6 Å². The highest BCUT2D eigenvalue weighted by molar-refractivity contribution is 7.92. The minimum Gasteiger partial charge on any atom is -0.337 e. The molecular formula is C18H19FN4O4S2. The summed E-state index contributed by atoms with van der Waals surface area (Å²) >= 11 is 1.46. The van der Waals surface area contributed by atoms with Crippen LogP contribution in [0.5, 0.6) is 0 Å². The maximum absolute atomic E-state index is 13.2. The van der Waals surface area contributed by atoms with Crippen LogP contribution in [0.3, 0.4) is 0 Å². The maximum Gasteiger partial charge on any atom is 0.246 e. The first-order chi connectivity index (χ1) is 13.7. The van der Waals surface area contributed by atoms with Crippen molar-refractivity contribution in [2.45, 2.75) is 19.5 Å². The van der Waals surface area contributed by atoms with Crippen LogP contribution in [0.25, 0.3) is 10.7 Å². The third-order valence-corrected chi connectivity index (χ3v) is 6.21. The van der Waals surface area contributed by atoms with Crippen LogP contribution in [0.4, 0.5) is 10.1 Å². The van der Waals surface area contributed by atoms with E-state index in [-0.39, 0.29) is 18.1 Å². The number of carbonyl (C=O) groups is 1. The fraction of sp³-hybridized carbons (Fsp3) is 0.278. The van der Waals surface area contributed by atoms with Gasteiger partial charge in [-0.15, -0.1) is 11.3 Å². The van der Waals surface area contributed by atoms with Crippen LogP contribution in [-0.2, 0) is 21.4 Å². The normalized spacial score (nSPS) is 12.6.